The Kier molecular flexibility index (Phi) is 4.47. The van der Waals surface area contributed by atoms with Crippen molar-refractivity contribution < 1.29 is 4.74 Å². The van der Waals surface area contributed by atoms with Gasteiger partial charge in [-0.3, -0.25) is 0 Å². The predicted octanol–water partition coefficient (Wildman–Crippen LogP) is 2.70. The van der Waals surface area contributed by atoms with E-state index in [0.717, 1.165) is 13.0 Å². The molecule has 0 aliphatic heterocycles. The number of nitrogens with one attached hydrogen (secondary N) is 1. The number of para-hydroxylation sites is 1. The lowest BCUT2D eigenvalue weighted by Gasteiger charge is -2.14. The van der Waals surface area contributed by atoms with E-state index in [0.29, 0.717) is 6.04 Å². The maximum atomic E-state index is 5.08. The van der Waals surface area contributed by atoms with Gasteiger partial charge in [-0.05, 0) is 31.9 Å². The number of ether oxygens (including phenoxy) is 1. The summed E-state index contributed by atoms with van der Waals surface area (Å²) in [6, 6.07) is 8.85. The Bertz CT molecular complexity index is 271. The van der Waals surface area contributed by atoms with Crippen LogP contribution >= 0.6 is 0 Å². The van der Waals surface area contributed by atoms with Gasteiger partial charge >= 0.3 is 0 Å². The molecule has 0 aromatic heterocycles. The van der Waals surface area contributed by atoms with Crippen molar-refractivity contribution in [3.05, 3.63) is 29.8 Å². The van der Waals surface area contributed by atoms with Gasteiger partial charge in [0.25, 0.3) is 0 Å². The third-order valence-electron chi connectivity index (χ3n) is 2.04. The molecular weight excluding hydrogens is 174 g/mol. The maximum Gasteiger partial charge on any atom is 0.0503 e. The standard InChI is InChI=1S/C12H19NO/c1-10(2)13-12-7-5-4-6-11(12)8-9-14-3/h4-7,10,13H,8-9H2,1-3H3. The molecule has 0 bridgehead atoms. The van der Waals surface area contributed by atoms with Gasteiger partial charge < -0.3 is 10.1 Å². The van der Waals surface area contributed by atoms with Gasteiger partial charge in [-0.15, -0.1) is 0 Å². The molecule has 0 atom stereocenters. The summed E-state index contributed by atoms with van der Waals surface area (Å²) in [7, 11) is 1.73. The fraction of sp³-hybridized carbons (Fsp3) is 0.500. The van der Waals surface area contributed by atoms with Gasteiger partial charge in [0, 0.05) is 18.8 Å². The SMILES string of the molecule is COCCc1ccccc1NC(C)C. The first-order valence-corrected chi connectivity index (χ1v) is 5.07. The molecule has 0 amide bonds. The summed E-state index contributed by atoms with van der Waals surface area (Å²) in [6.07, 6.45) is 0.965. The molecule has 78 valence electrons. The molecule has 1 N–H and O–H groups in total. The average Bonchev–Trinajstić information content (AvgIpc) is 2.16. The highest BCUT2D eigenvalue weighted by Gasteiger charge is 2.01. The molecule has 1 aromatic carbocycles. The average molecular weight is 193 g/mol. The van der Waals surface area contributed by atoms with Crippen LogP contribution in [0.5, 0.6) is 0 Å². The fourth-order valence-corrected chi connectivity index (χ4v) is 1.40. The monoisotopic (exact) mass is 193 g/mol. The second kappa shape index (κ2) is 5.66. The number of methoxy groups -OCH3 is 1. The molecule has 0 aliphatic carbocycles. The summed E-state index contributed by atoms with van der Waals surface area (Å²) < 4.78 is 5.08. The zero-order valence-corrected chi connectivity index (χ0v) is 9.21. The van der Waals surface area contributed by atoms with E-state index < -0.39 is 0 Å². The number of anilines is 1. The Balaban J connectivity index is 2.69. The van der Waals surface area contributed by atoms with Gasteiger partial charge in [0.15, 0.2) is 0 Å². The van der Waals surface area contributed by atoms with E-state index >= 15 is 0 Å². The topological polar surface area (TPSA) is 21.3 Å². The summed E-state index contributed by atoms with van der Waals surface area (Å²) in [5, 5.41) is 3.43. The molecular formula is C12H19NO. The van der Waals surface area contributed by atoms with Crippen molar-refractivity contribution in [2.45, 2.75) is 26.3 Å². The predicted molar refractivity (Wildman–Crippen MR) is 60.8 cm³/mol. The highest BCUT2D eigenvalue weighted by atomic mass is 16.5. The van der Waals surface area contributed by atoms with E-state index in [-0.39, 0.29) is 0 Å². The van der Waals surface area contributed by atoms with Crippen LogP contribution < -0.4 is 5.32 Å². The highest BCUT2D eigenvalue weighted by Crippen LogP contribution is 2.16. The van der Waals surface area contributed by atoms with Crippen molar-refractivity contribution in [3.63, 3.8) is 0 Å². The van der Waals surface area contributed by atoms with Gasteiger partial charge in [-0.1, -0.05) is 18.2 Å². The summed E-state index contributed by atoms with van der Waals surface area (Å²) in [5.74, 6) is 0. The fourth-order valence-electron chi connectivity index (χ4n) is 1.40. The molecule has 0 spiro atoms. The minimum atomic E-state index is 0.471. The zero-order valence-electron chi connectivity index (χ0n) is 9.21. The van der Waals surface area contributed by atoms with Gasteiger partial charge in [0.05, 0.1) is 6.61 Å². The number of benzene rings is 1. The largest absolute Gasteiger partial charge is 0.384 e. The normalized spacial score (nSPS) is 10.6. The zero-order chi connectivity index (χ0) is 10.4. The third kappa shape index (κ3) is 3.38. The second-order valence-corrected chi connectivity index (χ2v) is 3.70. The smallest absolute Gasteiger partial charge is 0.0503 e. The quantitative estimate of drug-likeness (QED) is 0.776. The van der Waals surface area contributed by atoms with Crippen LogP contribution in [0, 0.1) is 0 Å². The Labute approximate surface area is 86.3 Å². The Morgan fingerprint density at radius 3 is 2.64 bits per heavy atom. The second-order valence-electron chi connectivity index (χ2n) is 3.70. The summed E-state index contributed by atoms with van der Waals surface area (Å²) in [6.45, 7) is 5.07. The van der Waals surface area contributed by atoms with Gasteiger partial charge in [0.1, 0.15) is 0 Å². The molecule has 2 heteroatoms. The van der Waals surface area contributed by atoms with Crippen molar-refractivity contribution in [1.29, 1.82) is 0 Å². The van der Waals surface area contributed by atoms with Crippen LogP contribution in [0.3, 0.4) is 0 Å². The first-order valence-electron chi connectivity index (χ1n) is 5.07. The van der Waals surface area contributed by atoms with E-state index in [2.05, 4.69) is 43.4 Å². The van der Waals surface area contributed by atoms with Crippen molar-refractivity contribution in [3.8, 4) is 0 Å². The molecule has 2 nitrogen and oxygen atoms in total. The van der Waals surface area contributed by atoms with Crippen LogP contribution in [-0.4, -0.2) is 19.8 Å². The van der Waals surface area contributed by atoms with Crippen molar-refractivity contribution in [2.75, 3.05) is 19.0 Å². The Hall–Kier alpha value is -1.02. The maximum absolute atomic E-state index is 5.08. The number of hydrogen-bond donors (Lipinski definition) is 1. The molecule has 14 heavy (non-hydrogen) atoms. The lowest BCUT2D eigenvalue weighted by molar-refractivity contribution is 0.202. The van der Waals surface area contributed by atoms with Crippen LogP contribution in [0.25, 0.3) is 0 Å². The van der Waals surface area contributed by atoms with E-state index in [1.54, 1.807) is 7.11 Å². The highest BCUT2D eigenvalue weighted by molar-refractivity contribution is 5.51. The van der Waals surface area contributed by atoms with Gasteiger partial charge in [0.2, 0.25) is 0 Å². The molecule has 0 saturated carbocycles. The van der Waals surface area contributed by atoms with Crippen LogP contribution in [0.4, 0.5) is 5.69 Å². The molecule has 0 radical (unpaired) electrons. The van der Waals surface area contributed by atoms with Gasteiger partial charge in [-0.2, -0.15) is 0 Å². The summed E-state index contributed by atoms with van der Waals surface area (Å²) in [5.41, 5.74) is 2.54. The van der Waals surface area contributed by atoms with Gasteiger partial charge in [-0.25, -0.2) is 0 Å². The van der Waals surface area contributed by atoms with E-state index in [4.69, 9.17) is 4.74 Å². The lowest BCUT2D eigenvalue weighted by atomic mass is 10.1. The lowest BCUT2D eigenvalue weighted by Crippen LogP contribution is -2.12. The first-order chi connectivity index (χ1) is 6.74. The summed E-state index contributed by atoms with van der Waals surface area (Å²) in [4.78, 5) is 0. The van der Waals surface area contributed by atoms with Crippen LogP contribution in [0.15, 0.2) is 24.3 Å². The molecule has 0 unspecified atom stereocenters. The third-order valence-corrected chi connectivity index (χ3v) is 2.04. The van der Waals surface area contributed by atoms with E-state index in [1.165, 1.54) is 11.3 Å². The molecule has 1 aromatic rings. The van der Waals surface area contributed by atoms with Crippen LogP contribution in [-0.2, 0) is 11.2 Å². The Morgan fingerprint density at radius 1 is 1.29 bits per heavy atom. The van der Waals surface area contributed by atoms with Crippen LogP contribution in [0.2, 0.25) is 0 Å². The molecule has 0 aliphatic rings. The van der Waals surface area contributed by atoms with Crippen molar-refractivity contribution in [1.82, 2.24) is 0 Å². The Morgan fingerprint density at radius 2 is 2.00 bits per heavy atom. The molecule has 0 fully saturated rings. The van der Waals surface area contributed by atoms with Crippen molar-refractivity contribution >= 4 is 5.69 Å². The summed E-state index contributed by atoms with van der Waals surface area (Å²) >= 11 is 0. The molecule has 0 heterocycles. The molecule has 1 rings (SSSR count). The van der Waals surface area contributed by atoms with E-state index in [1.807, 2.05) is 0 Å². The first kappa shape index (κ1) is 11.1. The number of hydrogen-bond acceptors (Lipinski definition) is 2. The van der Waals surface area contributed by atoms with Crippen molar-refractivity contribution in [2.24, 2.45) is 0 Å². The molecule has 0 saturated heterocycles. The van der Waals surface area contributed by atoms with E-state index in [9.17, 15) is 0 Å². The van der Waals surface area contributed by atoms with Crippen LogP contribution in [0.1, 0.15) is 19.4 Å². The number of rotatable bonds is 5. The minimum absolute atomic E-state index is 0.471. The minimum Gasteiger partial charge on any atom is -0.384 e.